The van der Waals surface area contributed by atoms with E-state index in [2.05, 4.69) is 0 Å². The number of hydrogen-bond donors (Lipinski definition) is 0. The number of ether oxygens (including phenoxy) is 2. The summed E-state index contributed by atoms with van der Waals surface area (Å²) in [6.45, 7) is 0.661. The highest BCUT2D eigenvalue weighted by atomic mass is 32.2. The largest absolute Gasteiger partial charge is 0.493 e. The van der Waals surface area contributed by atoms with Crippen LogP contribution in [0.4, 0.5) is 0 Å². The van der Waals surface area contributed by atoms with Crippen molar-refractivity contribution >= 4 is 15.7 Å². The summed E-state index contributed by atoms with van der Waals surface area (Å²) in [6.07, 6.45) is 2.97. The second-order valence-electron chi connectivity index (χ2n) is 7.04. The summed E-state index contributed by atoms with van der Waals surface area (Å²) in [5.74, 6) is 1.12. The SMILES string of the molecule is COc1ccc([C@@H]2CCCN2C(=O)c2cccc(CS(C)(=O)=O)c2)cc1OC. The Balaban J connectivity index is 1.87. The van der Waals surface area contributed by atoms with Crippen LogP contribution in [0.15, 0.2) is 42.5 Å². The standard InChI is InChI=1S/C21H25NO5S/c1-26-19-10-9-16(13-20(19)27-2)18-8-5-11-22(18)21(23)17-7-4-6-15(12-17)14-28(3,24)25/h4,6-7,9-10,12-13,18H,5,8,11,14H2,1-3H3/t18-/m0/s1. The van der Waals surface area contributed by atoms with Crippen molar-refractivity contribution in [2.24, 2.45) is 0 Å². The first-order valence-corrected chi connectivity index (χ1v) is 11.2. The monoisotopic (exact) mass is 403 g/mol. The van der Waals surface area contributed by atoms with Crippen LogP contribution in [0.5, 0.6) is 11.5 Å². The Morgan fingerprint density at radius 3 is 2.54 bits per heavy atom. The van der Waals surface area contributed by atoms with Gasteiger partial charge in [-0.1, -0.05) is 18.2 Å². The number of nitrogens with zero attached hydrogens (tertiary/aromatic N) is 1. The average molecular weight is 404 g/mol. The minimum atomic E-state index is -3.16. The van der Waals surface area contributed by atoms with Crippen LogP contribution in [0.25, 0.3) is 0 Å². The summed E-state index contributed by atoms with van der Waals surface area (Å²) in [5.41, 5.74) is 2.12. The lowest BCUT2D eigenvalue weighted by molar-refractivity contribution is 0.0735. The third kappa shape index (κ3) is 4.47. The summed E-state index contributed by atoms with van der Waals surface area (Å²) in [5, 5.41) is 0. The zero-order chi connectivity index (χ0) is 20.3. The van der Waals surface area contributed by atoms with Gasteiger partial charge in [0.2, 0.25) is 0 Å². The van der Waals surface area contributed by atoms with Crippen molar-refractivity contribution < 1.29 is 22.7 Å². The predicted octanol–water partition coefficient (Wildman–Crippen LogP) is 3.23. The molecule has 0 spiro atoms. The van der Waals surface area contributed by atoms with Crippen molar-refractivity contribution in [2.45, 2.75) is 24.6 Å². The Kier molecular flexibility index (Phi) is 5.93. The molecular weight excluding hydrogens is 378 g/mol. The molecule has 1 saturated heterocycles. The molecule has 6 nitrogen and oxygen atoms in total. The molecule has 2 aromatic rings. The van der Waals surface area contributed by atoms with Gasteiger partial charge in [-0.25, -0.2) is 8.42 Å². The molecule has 28 heavy (non-hydrogen) atoms. The van der Waals surface area contributed by atoms with Crippen LogP contribution >= 0.6 is 0 Å². The summed E-state index contributed by atoms with van der Waals surface area (Å²) < 4.78 is 33.8. The van der Waals surface area contributed by atoms with E-state index in [0.717, 1.165) is 18.4 Å². The van der Waals surface area contributed by atoms with E-state index in [9.17, 15) is 13.2 Å². The fraction of sp³-hybridized carbons (Fsp3) is 0.381. The van der Waals surface area contributed by atoms with Gasteiger partial charge in [0.1, 0.15) is 0 Å². The van der Waals surface area contributed by atoms with Crippen molar-refractivity contribution in [1.82, 2.24) is 4.90 Å². The molecule has 150 valence electrons. The molecule has 0 aromatic heterocycles. The topological polar surface area (TPSA) is 72.9 Å². The molecule has 0 N–H and O–H groups in total. The van der Waals surface area contributed by atoms with Gasteiger partial charge in [-0.15, -0.1) is 0 Å². The van der Waals surface area contributed by atoms with Gasteiger partial charge in [-0.3, -0.25) is 4.79 Å². The third-order valence-electron chi connectivity index (χ3n) is 4.91. The quantitative estimate of drug-likeness (QED) is 0.740. The summed E-state index contributed by atoms with van der Waals surface area (Å²) in [7, 11) is 0.0220. The van der Waals surface area contributed by atoms with Gasteiger partial charge >= 0.3 is 0 Å². The maximum atomic E-state index is 13.1. The lowest BCUT2D eigenvalue weighted by Crippen LogP contribution is -2.30. The highest BCUT2D eigenvalue weighted by molar-refractivity contribution is 7.89. The number of sulfone groups is 1. The second-order valence-corrected chi connectivity index (χ2v) is 9.18. The smallest absolute Gasteiger partial charge is 0.254 e. The van der Waals surface area contributed by atoms with Crippen LogP contribution in [0.1, 0.15) is 40.4 Å². The van der Waals surface area contributed by atoms with E-state index in [1.165, 1.54) is 6.26 Å². The molecule has 0 aliphatic carbocycles. The van der Waals surface area contributed by atoms with Crippen LogP contribution < -0.4 is 9.47 Å². The number of methoxy groups -OCH3 is 2. The minimum Gasteiger partial charge on any atom is -0.493 e. The van der Waals surface area contributed by atoms with Crippen LogP contribution in [0.3, 0.4) is 0 Å². The normalized spacial score (nSPS) is 16.8. The predicted molar refractivity (Wildman–Crippen MR) is 108 cm³/mol. The Bertz CT molecular complexity index is 971. The van der Waals surface area contributed by atoms with Gasteiger partial charge in [-0.2, -0.15) is 0 Å². The summed E-state index contributed by atoms with van der Waals surface area (Å²) in [6, 6.07) is 12.5. The van der Waals surface area contributed by atoms with E-state index in [-0.39, 0.29) is 17.7 Å². The highest BCUT2D eigenvalue weighted by Crippen LogP contribution is 2.37. The second kappa shape index (κ2) is 8.22. The molecule has 1 atom stereocenters. The average Bonchev–Trinajstić information content (AvgIpc) is 3.15. The molecule has 1 aliphatic heterocycles. The number of benzene rings is 2. The first kappa shape index (κ1) is 20.2. The van der Waals surface area contributed by atoms with E-state index in [4.69, 9.17) is 9.47 Å². The molecule has 0 radical (unpaired) electrons. The minimum absolute atomic E-state index is 0.0501. The maximum Gasteiger partial charge on any atom is 0.254 e. The van der Waals surface area contributed by atoms with Crippen LogP contribution in [-0.2, 0) is 15.6 Å². The molecular formula is C21H25NO5S. The van der Waals surface area contributed by atoms with Crippen molar-refractivity contribution in [1.29, 1.82) is 0 Å². The maximum absolute atomic E-state index is 13.1. The number of hydrogen-bond acceptors (Lipinski definition) is 5. The zero-order valence-corrected chi connectivity index (χ0v) is 17.2. The number of carbonyl (C=O) groups is 1. The first-order chi connectivity index (χ1) is 13.3. The molecule has 1 fully saturated rings. The van der Waals surface area contributed by atoms with Gasteiger partial charge in [0.05, 0.1) is 26.0 Å². The van der Waals surface area contributed by atoms with Crippen molar-refractivity contribution in [3.05, 3.63) is 59.2 Å². The molecule has 1 heterocycles. The van der Waals surface area contributed by atoms with E-state index in [1.807, 2.05) is 23.1 Å². The van der Waals surface area contributed by atoms with Crippen LogP contribution in [0, 0.1) is 0 Å². The Morgan fingerprint density at radius 2 is 1.86 bits per heavy atom. The Hall–Kier alpha value is -2.54. The Morgan fingerprint density at radius 1 is 1.11 bits per heavy atom. The number of amides is 1. The summed E-state index contributed by atoms with van der Waals surface area (Å²) in [4.78, 5) is 15.0. The molecule has 0 unspecified atom stereocenters. The molecule has 0 saturated carbocycles. The van der Waals surface area contributed by atoms with E-state index in [1.54, 1.807) is 38.5 Å². The molecule has 1 amide bonds. The molecule has 3 rings (SSSR count). The number of carbonyl (C=O) groups excluding carboxylic acids is 1. The molecule has 0 bridgehead atoms. The summed E-state index contributed by atoms with van der Waals surface area (Å²) >= 11 is 0. The molecule has 2 aromatic carbocycles. The lowest BCUT2D eigenvalue weighted by atomic mass is 10.0. The van der Waals surface area contributed by atoms with E-state index < -0.39 is 9.84 Å². The van der Waals surface area contributed by atoms with E-state index >= 15 is 0 Å². The van der Waals surface area contributed by atoms with E-state index in [0.29, 0.717) is 29.2 Å². The van der Waals surface area contributed by atoms with Crippen molar-refractivity contribution in [3.63, 3.8) is 0 Å². The fourth-order valence-electron chi connectivity index (χ4n) is 3.68. The highest BCUT2D eigenvalue weighted by Gasteiger charge is 2.31. The number of rotatable bonds is 6. The zero-order valence-electron chi connectivity index (χ0n) is 16.3. The molecule has 1 aliphatic rings. The Labute approximate surface area is 166 Å². The van der Waals surface area contributed by atoms with Gasteiger partial charge in [-0.05, 0) is 48.2 Å². The lowest BCUT2D eigenvalue weighted by Gasteiger charge is -2.26. The van der Waals surface area contributed by atoms with Gasteiger partial charge in [0.15, 0.2) is 21.3 Å². The van der Waals surface area contributed by atoms with Gasteiger partial charge in [0, 0.05) is 18.4 Å². The van der Waals surface area contributed by atoms with Crippen LogP contribution in [0.2, 0.25) is 0 Å². The number of likely N-dealkylation sites (tertiary alicyclic amines) is 1. The third-order valence-corrected chi connectivity index (χ3v) is 5.77. The van der Waals surface area contributed by atoms with Crippen LogP contribution in [-0.4, -0.2) is 46.2 Å². The molecule has 7 heteroatoms. The van der Waals surface area contributed by atoms with Gasteiger partial charge in [0.25, 0.3) is 5.91 Å². The van der Waals surface area contributed by atoms with Gasteiger partial charge < -0.3 is 14.4 Å². The van der Waals surface area contributed by atoms with Crippen molar-refractivity contribution in [3.8, 4) is 11.5 Å². The first-order valence-electron chi connectivity index (χ1n) is 9.12. The van der Waals surface area contributed by atoms with Crippen molar-refractivity contribution in [2.75, 3.05) is 27.0 Å². The fourth-order valence-corrected chi connectivity index (χ4v) is 4.46.